The number of benzene rings is 2. The summed E-state index contributed by atoms with van der Waals surface area (Å²) in [6.07, 6.45) is 0.834. The minimum absolute atomic E-state index is 0.139. The molecule has 0 radical (unpaired) electrons. The predicted molar refractivity (Wildman–Crippen MR) is 70.3 cm³/mol. The van der Waals surface area contributed by atoms with Gasteiger partial charge in [0.25, 0.3) is 0 Å². The summed E-state index contributed by atoms with van der Waals surface area (Å²) in [6, 6.07) is 13.9. The van der Waals surface area contributed by atoms with Gasteiger partial charge >= 0.3 is 0 Å². The van der Waals surface area contributed by atoms with Gasteiger partial charge in [-0.2, -0.15) is 0 Å². The van der Waals surface area contributed by atoms with Crippen LogP contribution in [0.2, 0.25) is 0 Å². The van der Waals surface area contributed by atoms with E-state index < -0.39 is 0 Å². The van der Waals surface area contributed by atoms with Crippen LogP contribution in [-0.4, -0.2) is 6.04 Å². The Morgan fingerprint density at radius 2 is 1.83 bits per heavy atom. The van der Waals surface area contributed by atoms with Crippen LogP contribution < -0.4 is 10.5 Å². The zero-order chi connectivity index (χ0) is 13.0. The first kappa shape index (κ1) is 12.6. The molecule has 0 spiro atoms. The molecule has 0 amide bonds. The standard InChI is InChI=1S/C15H16FNO/c1-11(17)9-12-5-7-14(8-6-12)18-15-4-2-3-13(16)10-15/h2-8,10-11H,9,17H2,1H3. The molecule has 0 aromatic heterocycles. The summed E-state index contributed by atoms with van der Waals surface area (Å²) < 4.78 is 18.5. The highest BCUT2D eigenvalue weighted by Gasteiger charge is 2.01. The third-order valence-electron chi connectivity index (χ3n) is 2.51. The lowest BCUT2D eigenvalue weighted by Gasteiger charge is -2.08. The highest BCUT2D eigenvalue weighted by Crippen LogP contribution is 2.22. The molecular weight excluding hydrogens is 229 g/mol. The first-order valence-corrected chi connectivity index (χ1v) is 5.91. The lowest BCUT2D eigenvalue weighted by atomic mass is 10.1. The van der Waals surface area contributed by atoms with Crippen molar-refractivity contribution in [3.05, 3.63) is 59.9 Å². The molecule has 3 heteroatoms. The molecule has 0 aliphatic rings. The number of hydrogen-bond acceptors (Lipinski definition) is 2. The van der Waals surface area contributed by atoms with E-state index in [1.165, 1.54) is 12.1 Å². The van der Waals surface area contributed by atoms with Crippen molar-refractivity contribution in [2.24, 2.45) is 5.73 Å². The van der Waals surface area contributed by atoms with Gasteiger partial charge in [-0.15, -0.1) is 0 Å². The highest BCUT2D eigenvalue weighted by molar-refractivity contribution is 5.33. The molecule has 1 unspecified atom stereocenters. The maximum Gasteiger partial charge on any atom is 0.130 e. The van der Waals surface area contributed by atoms with Crippen LogP contribution in [-0.2, 0) is 6.42 Å². The van der Waals surface area contributed by atoms with Gasteiger partial charge in [0.05, 0.1) is 0 Å². The maximum atomic E-state index is 13.0. The van der Waals surface area contributed by atoms with Gasteiger partial charge in [0, 0.05) is 12.1 Å². The van der Waals surface area contributed by atoms with Gasteiger partial charge in [-0.1, -0.05) is 18.2 Å². The van der Waals surface area contributed by atoms with Crippen LogP contribution in [0.5, 0.6) is 11.5 Å². The third kappa shape index (κ3) is 3.57. The molecule has 2 N–H and O–H groups in total. The Labute approximate surface area is 106 Å². The second kappa shape index (κ2) is 5.65. The second-order valence-corrected chi connectivity index (χ2v) is 4.38. The molecule has 0 aliphatic carbocycles. The lowest BCUT2D eigenvalue weighted by Crippen LogP contribution is -2.17. The first-order valence-electron chi connectivity index (χ1n) is 5.91. The van der Waals surface area contributed by atoms with Crippen molar-refractivity contribution >= 4 is 0 Å². The normalized spacial score (nSPS) is 12.2. The molecule has 1 atom stereocenters. The van der Waals surface area contributed by atoms with E-state index in [0.29, 0.717) is 11.5 Å². The summed E-state index contributed by atoms with van der Waals surface area (Å²) in [4.78, 5) is 0. The minimum atomic E-state index is -0.305. The van der Waals surface area contributed by atoms with E-state index in [0.717, 1.165) is 12.0 Å². The van der Waals surface area contributed by atoms with Crippen molar-refractivity contribution in [1.82, 2.24) is 0 Å². The zero-order valence-corrected chi connectivity index (χ0v) is 10.3. The Morgan fingerprint density at radius 3 is 2.44 bits per heavy atom. The Hall–Kier alpha value is -1.87. The van der Waals surface area contributed by atoms with Crippen LogP contribution in [0.1, 0.15) is 12.5 Å². The molecule has 94 valence electrons. The fourth-order valence-corrected chi connectivity index (χ4v) is 1.73. The second-order valence-electron chi connectivity index (χ2n) is 4.38. The van der Waals surface area contributed by atoms with Gasteiger partial charge in [-0.25, -0.2) is 4.39 Å². The van der Waals surface area contributed by atoms with Crippen molar-refractivity contribution in [3.63, 3.8) is 0 Å². The molecule has 2 aromatic rings. The number of rotatable bonds is 4. The number of nitrogens with two attached hydrogens (primary N) is 1. The number of halogens is 1. The quantitative estimate of drug-likeness (QED) is 0.894. The predicted octanol–water partition coefficient (Wildman–Crippen LogP) is 3.51. The van der Waals surface area contributed by atoms with Gasteiger partial charge in [0.1, 0.15) is 17.3 Å². The number of ether oxygens (including phenoxy) is 1. The summed E-state index contributed by atoms with van der Waals surface area (Å²) in [5.41, 5.74) is 6.89. The van der Waals surface area contributed by atoms with Gasteiger partial charge in [-0.3, -0.25) is 0 Å². The van der Waals surface area contributed by atoms with E-state index in [4.69, 9.17) is 10.5 Å². The average Bonchev–Trinajstić information content (AvgIpc) is 2.31. The molecule has 0 saturated heterocycles. The summed E-state index contributed by atoms with van der Waals surface area (Å²) in [5.74, 6) is 0.880. The van der Waals surface area contributed by atoms with Crippen LogP contribution in [0.15, 0.2) is 48.5 Å². The van der Waals surface area contributed by atoms with E-state index in [-0.39, 0.29) is 11.9 Å². The van der Waals surface area contributed by atoms with Crippen molar-refractivity contribution in [2.75, 3.05) is 0 Å². The lowest BCUT2D eigenvalue weighted by molar-refractivity contribution is 0.476. The van der Waals surface area contributed by atoms with E-state index in [1.807, 2.05) is 31.2 Å². The summed E-state index contributed by atoms with van der Waals surface area (Å²) in [5, 5.41) is 0. The number of hydrogen-bond donors (Lipinski definition) is 1. The van der Waals surface area contributed by atoms with E-state index in [9.17, 15) is 4.39 Å². The monoisotopic (exact) mass is 245 g/mol. The molecule has 0 bridgehead atoms. The van der Waals surface area contributed by atoms with E-state index in [1.54, 1.807) is 12.1 Å². The molecule has 2 rings (SSSR count). The molecule has 2 nitrogen and oxygen atoms in total. The Bertz CT molecular complexity index is 508. The van der Waals surface area contributed by atoms with Crippen LogP contribution >= 0.6 is 0 Å². The van der Waals surface area contributed by atoms with Crippen molar-refractivity contribution < 1.29 is 9.13 Å². The van der Waals surface area contributed by atoms with Gasteiger partial charge in [0.2, 0.25) is 0 Å². The van der Waals surface area contributed by atoms with Gasteiger partial charge < -0.3 is 10.5 Å². The molecule has 0 aliphatic heterocycles. The summed E-state index contributed by atoms with van der Waals surface area (Å²) in [6.45, 7) is 1.97. The Kier molecular flexibility index (Phi) is 3.95. The van der Waals surface area contributed by atoms with Gasteiger partial charge in [-0.05, 0) is 43.2 Å². The average molecular weight is 245 g/mol. The van der Waals surface area contributed by atoms with Crippen LogP contribution in [0, 0.1) is 5.82 Å². The zero-order valence-electron chi connectivity index (χ0n) is 10.3. The van der Waals surface area contributed by atoms with Crippen molar-refractivity contribution in [1.29, 1.82) is 0 Å². The van der Waals surface area contributed by atoms with Crippen molar-refractivity contribution in [3.8, 4) is 11.5 Å². The SMILES string of the molecule is CC(N)Cc1ccc(Oc2cccc(F)c2)cc1. The van der Waals surface area contributed by atoms with Crippen LogP contribution in [0.3, 0.4) is 0 Å². The first-order chi connectivity index (χ1) is 8.63. The van der Waals surface area contributed by atoms with E-state index in [2.05, 4.69) is 0 Å². The minimum Gasteiger partial charge on any atom is -0.457 e. The van der Waals surface area contributed by atoms with Gasteiger partial charge in [0.15, 0.2) is 0 Å². The molecular formula is C15H16FNO. The Balaban J connectivity index is 2.06. The third-order valence-corrected chi connectivity index (χ3v) is 2.51. The smallest absolute Gasteiger partial charge is 0.130 e. The topological polar surface area (TPSA) is 35.2 Å². The molecule has 0 fully saturated rings. The van der Waals surface area contributed by atoms with E-state index >= 15 is 0 Å². The van der Waals surface area contributed by atoms with Crippen molar-refractivity contribution in [2.45, 2.75) is 19.4 Å². The summed E-state index contributed by atoms with van der Waals surface area (Å²) in [7, 11) is 0. The molecule has 0 heterocycles. The molecule has 0 saturated carbocycles. The largest absolute Gasteiger partial charge is 0.457 e. The molecule has 2 aromatic carbocycles. The maximum absolute atomic E-state index is 13.0. The summed E-state index contributed by atoms with van der Waals surface area (Å²) >= 11 is 0. The molecule has 18 heavy (non-hydrogen) atoms. The fraction of sp³-hybridized carbons (Fsp3) is 0.200. The van der Waals surface area contributed by atoms with Crippen LogP contribution in [0.4, 0.5) is 4.39 Å². The van der Waals surface area contributed by atoms with Crippen LogP contribution in [0.25, 0.3) is 0 Å². The highest BCUT2D eigenvalue weighted by atomic mass is 19.1. The fourth-order valence-electron chi connectivity index (χ4n) is 1.73. The Morgan fingerprint density at radius 1 is 1.11 bits per heavy atom.